The fourth-order valence-corrected chi connectivity index (χ4v) is 5.86. The number of carbonyl (C=O) groups excluding carboxylic acids is 1. The molecule has 1 amide bonds. The fourth-order valence-electron chi connectivity index (χ4n) is 5.86. The lowest BCUT2D eigenvalue weighted by atomic mass is 9.90. The molecule has 6 nitrogen and oxygen atoms in total. The van der Waals surface area contributed by atoms with Crippen molar-refractivity contribution < 1.29 is 4.79 Å². The molecule has 4 rings (SSSR count). The van der Waals surface area contributed by atoms with Crippen molar-refractivity contribution in [3.8, 4) is 0 Å². The summed E-state index contributed by atoms with van der Waals surface area (Å²) in [5.74, 6) is 0.872. The number of piperazine rings is 1. The first kappa shape index (κ1) is 23.7. The summed E-state index contributed by atoms with van der Waals surface area (Å²) < 4.78 is 0. The lowest BCUT2D eigenvalue weighted by molar-refractivity contribution is -0.134. The van der Waals surface area contributed by atoms with Gasteiger partial charge in [-0.05, 0) is 56.3 Å². The first-order chi connectivity index (χ1) is 15.7. The van der Waals surface area contributed by atoms with Crippen LogP contribution in [0.3, 0.4) is 0 Å². The van der Waals surface area contributed by atoms with Crippen LogP contribution in [0.25, 0.3) is 0 Å². The molecule has 178 valence electrons. The highest BCUT2D eigenvalue weighted by Crippen LogP contribution is 2.27. The molecule has 32 heavy (non-hydrogen) atoms. The average molecular weight is 442 g/mol. The maximum absolute atomic E-state index is 13.5. The molecule has 1 unspecified atom stereocenters. The molecule has 0 radical (unpaired) electrons. The molecule has 1 atom stereocenters. The second-order valence-electron chi connectivity index (χ2n) is 10.1. The van der Waals surface area contributed by atoms with Crippen LogP contribution in [-0.4, -0.2) is 95.4 Å². The van der Waals surface area contributed by atoms with Gasteiger partial charge < -0.3 is 14.7 Å². The van der Waals surface area contributed by atoms with Crippen LogP contribution in [0.2, 0.25) is 0 Å². The highest BCUT2D eigenvalue weighted by atomic mass is 16.2. The van der Waals surface area contributed by atoms with Crippen LogP contribution in [0.5, 0.6) is 0 Å². The van der Waals surface area contributed by atoms with Crippen molar-refractivity contribution in [2.24, 2.45) is 5.92 Å². The van der Waals surface area contributed by atoms with Gasteiger partial charge in [0.25, 0.3) is 0 Å². The zero-order valence-corrected chi connectivity index (χ0v) is 20.1. The molecule has 6 heteroatoms. The Bertz CT molecular complexity index is 685. The van der Waals surface area contributed by atoms with E-state index in [0.29, 0.717) is 19.0 Å². The van der Waals surface area contributed by atoms with Crippen LogP contribution >= 0.6 is 0 Å². The predicted molar refractivity (Wildman–Crippen MR) is 129 cm³/mol. The van der Waals surface area contributed by atoms with Crippen molar-refractivity contribution in [1.82, 2.24) is 24.6 Å². The molecule has 3 heterocycles. The highest BCUT2D eigenvalue weighted by molar-refractivity contribution is 5.78. The summed E-state index contributed by atoms with van der Waals surface area (Å²) in [7, 11) is 0. The Morgan fingerprint density at radius 3 is 2.53 bits per heavy atom. The van der Waals surface area contributed by atoms with Crippen LogP contribution < -0.4 is 0 Å². The Balaban J connectivity index is 1.36. The largest absolute Gasteiger partial charge is 0.337 e. The van der Waals surface area contributed by atoms with Crippen molar-refractivity contribution in [3.63, 3.8) is 0 Å². The van der Waals surface area contributed by atoms with Crippen LogP contribution in [0.15, 0.2) is 24.5 Å². The zero-order chi connectivity index (χ0) is 22.2. The van der Waals surface area contributed by atoms with E-state index >= 15 is 0 Å². The minimum Gasteiger partial charge on any atom is -0.337 e. The van der Waals surface area contributed by atoms with Crippen LogP contribution in [0.4, 0.5) is 0 Å². The lowest BCUT2D eigenvalue weighted by Crippen LogP contribution is -2.51. The van der Waals surface area contributed by atoms with Gasteiger partial charge in [0.15, 0.2) is 0 Å². The SMILES string of the molecule is CCN1CCN(CC(=O)N(Cc2cccnc2)CC2CCCN(C3CCCCC3)C2)CC1. The van der Waals surface area contributed by atoms with Gasteiger partial charge in [0, 0.05) is 64.2 Å². The van der Waals surface area contributed by atoms with Gasteiger partial charge in [0.1, 0.15) is 0 Å². The van der Waals surface area contributed by atoms with Crippen LogP contribution in [-0.2, 0) is 11.3 Å². The van der Waals surface area contributed by atoms with E-state index in [-0.39, 0.29) is 5.91 Å². The lowest BCUT2D eigenvalue weighted by Gasteiger charge is -2.41. The van der Waals surface area contributed by atoms with Crippen LogP contribution in [0, 0.1) is 5.92 Å². The maximum atomic E-state index is 13.5. The standard InChI is InChI=1S/C26H43N5O/c1-2-28-14-16-29(17-15-28)22-26(32)31(19-23-8-6-12-27-18-23)21-24-9-7-13-30(20-24)25-10-4-3-5-11-25/h6,8,12,18,24-25H,2-5,7,9-11,13-17,19-22H2,1H3. The summed E-state index contributed by atoms with van der Waals surface area (Å²) in [6.07, 6.45) is 13.2. The Morgan fingerprint density at radius 2 is 1.81 bits per heavy atom. The van der Waals surface area contributed by atoms with E-state index in [4.69, 9.17) is 0 Å². The summed E-state index contributed by atoms with van der Waals surface area (Å²) in [6.45, 7) is 12.0. The second kappa shape index (κ2) is 12.1. The van der Waals surface area contributed by atoms with E-state index < -0.39 is 0 Å². The van der Waals surface area contributed by atoms with E-state index in [9.17, 15) is 4.79 Å². The summed E-state index contributed by atoms with van der Waals surface area (Å²) in [5, 5.41) is 0. The van der Waals surface area contributed by atoms with E-state index in [0.717, 1.165) is 57.4 Å². The quantitative estimate of drug-likeness (QED) is 0.620. The Kier molecular flexibility index (Phi) is 8.94. The van der Waals surface area contributed by atoms with E-state index in [2.05, 4.69) is 37.6 Å². The minimum absolute atomic E-state index is 0.286. The number of pyridine rings is 1. The Labute approximate surface area is 194 Å². The van der Waals surface area contributed by atoms with E-state index in [1.165, 1.54) is 51.5 Å². The molecular weight excluding hydrogens is 398 g/mol. The van der Waals surface area contributed by atoms with E-state index in [1.54, 1.807) is 0 Å². The third-order valence-corrected chi connectivity index (χ3v) is 7.84. The van der Waals surface area contributed by atoms with Gasteiger partial charge in [-0.25, -0.2) is 0 Å². The van der Waals surface area contributed by atoms with Gasteiger partial charge >= 0.3 is 0 Å². The van der Waals surface area contributed by atoms with Crippen molar-refractivity contribution in [2.45, 2.75) is 64.5 Å². The topological polar surface area (TPSA) is 42.9 Å². The number of amides is 1. The van der Waals surface area contributed by atoms with Crippen molar-refractivity contribution >= 4 is 5.91 Å². The molecule has 3 fully saturated rings. The number of hydrogen-bond acceptors (Lipinski definition) is 5. The molecule has 3 aliphatic rings. The molecule has 1 aromatic rings. The maximum Gasteiger partial charge on any atom is 0.237 e. The highest BCUT2D eigenvalue weighted by Gasteiger charge is 2.29. The van der Waals surface area contributed by atoms with Gasteiger partial charge in [-0.15, -0.1) is 0 Å². The normalized spacial score (nSPS) is 24.5. The van der Waals surface area contributed by atoms with Crippen LogP contribution in [0.1, 0.15) is 57.4 Å². The van der Waals surface area contributed by atoms with Gasteiger partial charge in [0.05, 0.1) is 6.54 Å². The predicted octanol–water partition coefficient (Wildman–Crippen LogP) is 3.09. The second-order valence-corrected chi connectivity index (χ2v) is 10.1. The van der Waals surface area contributed by atoms with Gasteiger partial charge in [-0.1, -0.05) is 32.3 Å². The Morgan fingerprint density at radius 1 is 1.03 bits per heavy atom. The third kappa shape index (κ3) is 6.75. The summed E-state index contributed by atoms with van der Waals surface area (Å²) in [4.78, 5) is 27.5. The van der Waals surface area contributed by atoms with E-state index in [1.807, 2.05) is 18.5 Å². The first-order valence-electron chi connectivity index (χ1n) is 13.1. The number of hydrogen-bond donors (Lipinski definition) is 0. The number of piperidine rings is 1. The average Bonchev–Trinajstić information content (AvgIpc) is 2.85. The van der Waals surface area contributed by atoms with Gasteiger partial charge in [-0.3, -0.25) is 14.7 Å². The number of nitrogens with zero attached hydrogens (tertiary/aromatic N) is 5. The minimum atomic E-state index is 0.286. The number of aromatic nitrogens is 1. The summed E-state index contributed by atoms with van der Waals surface area (Å²) in [5.41, 5.74) is 1.14. The molecule has 0 N–H and O–H groups in total. The number of likely N-dealkylation sites (tertiary alicyclic amines) is 1. The zero-order valence-electron chi connectivity index (χ0n) is 20.1. The first-order valence-corrected chi connectivity index (χ1v) is 13.1. The fraction of sp³-hybridized carbons (Fsp3) is 0.769. The third-order valence-electron chi connectivity index (χ3n) is 7.84. The molecule has 0 bridgehead atoms. The number of likely N-dealkylation sites (N-methyl/N-ethyl adjacent to an activating group) is 1. The molecular formula is C26H43N5O. The number of rotatable bonds is 8. The number of carbonyl (C=O) groups is 1. The monoisotopic (exact) mass is 441 g/mol. The molecule has 2 saturated heterocycles. The molecule has 1 saturated carbocycles. The molecule has 1 aliphatic carbocycles. The van der Waals surface area contributed by atoms with Crippen molar-refractivity contribution in [1.29, 1.82) is 0 Å². The Hall–Kier alpha value is -1.50. The van der Waals surface area contributed by atoms with Gasteiger partial charge in [0.2, 0.25) is 5.91 Å². The summed E-state index contributed by atoms with van der Waals surface area (Å²) >= 11 is 0. The smallest absolute Gasteiger partial charge is 0.237 e. The molecule has 2 aliphatic heterocycles. The molecule has 0 aromatic carbocycles. The summed E-state index contributed by atoms with van der Waals surface area (Å²) in [6, 6.07) is 4.86. The van der Waals surface area contributed by atoms with Crippen molar-refractivity contribution in [2.75, 3.05) is 58.9 Å². The van der Waals surface area contributed by atoms with Gasteiger partial charge in [-0.2, -0.15) is 0 Å². The molecule has 1 aromatic heterocycles. The molecule has 0 spiro atoms. The van der Waals surface area contributed by atoms with Crippen molar-refractivity contribution in [3.05, 3.63) is 30.1 Å².